The Morgan fingerprint density at radius 2 is 0.583 bits per heavy atom. The molecule has 0 aliphatic heterocycles. The lowest BCUT2D eigenvalue weighted by molar-refractivity contribution is 1.55. The van der Waals surface area contributed by atoms with E-state index in [-0.39, 0.29) is 0 Å². The molecule has 0 bridgehead atoms. The highest BCUT2D eigenvalue weighted by molar-refractivity contribution is 6.08. The first-order valence-electron chi connectivity index (χ1n) is 16.4. The summed E-state index contributed by atoms with van der Waals surface area (Å²) in [5.41, 5.74) is 9.95. The number of para-hydroxylation sites is 4. The number of rotatable bonds is 2. The van der Waals surface area contributed by atoms with Crippen LogP contribution in [0.2, 0.25) is 0 Å². The topological polar surface area (TPSA) is 31.6 Å². The molecular formula is C46H34N2. The summed E-state index contributed by atoms with van der Waals surface area (Å²) in [5, 5.41) is 7.80. The van der Waals surface area contributed by atoms with Gasteiger partial charge >= 0.3 is 0 Å². The maximum Gasteiger partial charge on any atom is 0.0464 e. The summed E-state index contributed by atoms with van der Waals surface area (Å²) in [5.74, 6) is 0. The fourth-order valence-electron chi connectivity index (χ4n) is 6.65. The van der Waals surface area contributed by atoms with Crippen LogP contribution in [-0.2, 0) is 0 Å². The molecule has 228 valence electrons. The van der Waals surface area contributed by atoms with Crippen LogP contribution in [0.15, 0.2) is 194 Å². The normalized spacial score (nSPS) is 10.9. The van der Waals surface area contributed by atoms with Gasteiger partial charge in [-0.2, -0.15) is 0 Å². The van der Waals surface area contributed by atoms with E-state index in [1.807, 2.05) is 0 Å². The molecule has 10 rings (SSSR count). The molecule has 0 spiro atoms. The largest absolute Gasteiger partial charge is 0.355 e. The number of aromatic nitrogens is 2. The fourth-order valence-corrected chi connectivity index (χ4v) is 6.65. The molecule has 10 aromatic rings. The molecule has 2 heteroatoms. The van der Waals surface area contributed by atoms with Gasteiger partial charge in [0.25, 0.3) is 0 Å². The Hall–Kier alpha value is -6.38. The predicted molar refractivity (Wildman–Crippen MR) is 206 cm³/mol. The molecule has 0 saturated heterocycles. The molecular weight excluding hydrogens is 581 g/mol. The molecule has 2 heterocycles. The highest BCUT2D eigenvalue weighted by Gasteiger charge is 2.09. The third-order valence-corrected chi connectivity index (χ3v) is 8.92. The van der Waals surface area contributed by atoms with Gasteiger partial charge in [0.05, 0.1) is 0 Å². The smallest absolute Gasteiger partial charge is 0.0464 e. The Bertz CT molecular complexity index is 2410. The third-order valence-electron chi connectivity index (χ3n) is 8.92. The minimum atomic E-state index is 1.21. The zero-order chi connectivity index (χ0) is 32.1. The van der Waals surface area contributed by atoms with Crippen molar-refractivity contribution in [3.8, 4) is 22.3 Å². The first-order valence-corrected chi connectivity index (χ1v) is 16.4. The number of benzene rings is 8. The van der Waals surface area contributed by atoms with Gasteiger partial charge in [0.15, 0.2) is 0 Å². The summed E-state index contributed by atoms with van der Waals surface area (Å²) in [4.78, 5) is 6.76. The van der Waals surface area contributed by atoms with E-state index in [0.29, 0.717) is 0 Å². The average molecular weight is 615 g/mol. The second kappa shape index (κ2) is 13.2. The van der Waals surface area contributed by atoms with Crippen molar-refractivity contribution in [2.75, 3.05) is 0 Å². The molecule has 2 aromatic heterocycles. The van der Waals surface area contributed by atoms with Gasteiger partial charge in [-0.25, -0.2) is 0 Å². The van der Waals surface area contributed by atoms with Crippen molar-refractivity contribution in [1.82, 2.24) is 9.97 Å². The van der Waals surface area contributed by atoms with Crippen LogP contribution in [0.5, 0.6) is 0 Å². The Kier molecular flexibility index (Phi) is 7.96. The van der Waals surface area contributed by atoms with E-state index < -0.39 is 0 Å². The quantitative estimate of drug-likeness (QED) is 0.194. The molecule has 48 heavy (non-hydrogen) atoms. The van der Waals surface area contributed by atoms with E-state index in [1.54, 1.807) is 0 Å². The first kappa shape index (κ1) is 29.1. The van der Waals surface area contributed by atoms with Crippen LogP contribution in [0.1, 0.15) is 0 Å². The third kappa shape index (κ3) is 5.72. The van der Waals surface area contributed by atoms with Gasteiger partial charge in [-0.05, 0) is 57.3 Å². The number of fused-ring (bicyclic) bond motifs is 7. The van der Waals surface area contributed by atoms with Crippen LogP contribution in [0.25, 0.3) is 76.6 Å². The molecule has 0 unspecified atom stereocenters. The van der Waals surface area contributed by atoms with Crippen LogP contribution in [0, 0.1) is 0 Å². The van der Waals surface area contributed by atoms with Crippen LogP contribution < -0.4 is 0 Å². The van der Waals surface area contributed by atoms with Crippen molar-refractivity contribution >= 4 is 54.4 Å². The summed E-state index contributed by atoms with van der Waals surface area (Å²) in [6.07, 6.45) is 0. The number of aromatic amines is 2. The van der Waals surface area contributed by atoms with E-state index in [4.69, 9.17) is 0 Å². The van der Waals surface area contributed by atoms with Crippen LogP contribution >= 0.6 is 0 Å². The van der Waals surface area contributed by atoms with Gasteiger partial charge in [-0.3, -0.25) is 0 Å². The van der Waals surface area contributed by atoms with Crippen molar-refractivity contribution in [3.63, 3.8) is 0 Å². The number of H-pyrrole nitrogens is 2. The second-order valence-corrected chi connectivity index (χ2v) is 11.9. The minimum absolute atomic E-state index is 1.21. The standard InChI is InChI=1S/C22H16.2C12H9N/c1-2-9-17(10-3-1)19-14-6-7-15-21(19)22-16-8-12-18-11-4-5-13-20(18)22;2*1-3-7-11-9(5-1)10-6-2-4-8-12(10)13-11/h1-16H;2*1-8,13H. The fraction of sp³-hybridized carbons (Fsp3) is 0. The lowest BCUT2D eigenvalue weighted by atomic mass is 9.91. The van der Waals surface area contributed by atoms with Gasteiger partial charge in [0.1, 0.15) is 0 Å². The van der Waals surface area contributed by atoms with E-state index in [9.17, 15) is 0 Å². The number of hydrogen-bond acceptors (Lipinski definition) is 0. The van der Waals surface area contributed by atoms with Gasteiger partial charge in [0.2, 0.25) is 0 Å². The highest BCUT2D eigenvalue weighted by atomic mass is 14.7. The van der Waals surface area contributed by atoms with Crippen LogP contribution in [0.4, 0.5) is 0 Å². The second-order valence-electron chi connectivity index (χ2n) is 11.9. The molecule has 8 aromatic carbocycles. The lowest BCUT2D eigenvalue weighted by Gasteiger charge is -2.12. The molecule has 0 aliphatic rings. The molecule has 0 fully saturated rings. The summed E-state index contributed by atoms with van der Waals surface area (Å²) in [6.45, 7) is 0. The van der Waals surface area contributed by atoms with E-state index in [0.717, 1.165) is 0 Å². The monoisotopic (exact) mass is 614 g/mol. The Morgan fingerprint density at radius 3 is 1.10 bits per heavy atom. The number of hydrogen-bond donors (Lipinski definition) is 2. The highest BCUT2D eigenvalue weighted by Crippen LogP contribution is 2.36. The maximum absolute atomic E-state index is 3.38. The van der Waals surface area contributed by atoms with Crippen LogP contribution in [-0.4, -0.2) is 9.97 Å². The molecule has 0 amide bonds. The Labute approximate surface area is 279 Å². The number of nitrogens with one attached hydrogen (secondary N) is 2. The predicted octanol–water partition coefficient (Wildman–Crippen LogP) is 12.8. The minimum Gasteiger partial charge on any atom is -0.355 e. The molecule has 0 radical (unpaired) electrons. The maximum atomic E-state index is 3.38. The van der Waals surface area contributed by atoms with Crippen molar-refractivity contribution in [2.24, 2.45) is 0 Å². The van der Waals surface area contributed by atoms with Gasteiger partial charge in [-0.15, -0.1) is 0 Å². The molecule has 2 N–H and O–H groups in total. The van der Waals surface area contributed by atoms with Crippen molar-refractivity contribution in [3.05, 3.63) is 194 Å². The summed E-state index contributed by atoms with van der Waals surface area (Å²) in [6, 6.07) is 67.8. The molecule has 0 aliphatic carbocycles. The van der Waals surface area contributed by atoms with Crippen molar-refractivity contribution in [1.29, 1.82) is 0 Å². The summed E-state index contributed by atoms with van der Waals surface area (Å²) < 4.78 is 0. The van der Waals surface area contributed by atoms with Gasteiger partial charge < -0.3 is 9.97 Å². The SMILES string of the molecule is c1ccc(-c2ccccc2-c2cccc3ccccc23)cc1.c1ccc2c(c1)[nH]c1ccccc12.c1ccc2c(c1)[nH]c1ccccc12. The van der Waals surface area contributed by atoms with Gasteiger partial charge in [-0.1, -0.05) is 170 Å². The van der Waals surface area contributed by atoms with Crippen LogP contribution in [0.3, 0.4) is 0 Å². The average Bonchev–Trinajstić information content (AvgIpc) is 3.74. The van der Waals surface area contributed by atoms with E-state index >= 15 is 0 Å². The zero-order valence-corrected chi connectivity index (χ0v) is 26.5. The summed E-state index contributed by atoms with van der Waals surface area (Å²) >= 11 is 0. The lowest BCUT2D eigenvalue weighted by Crippen LogP contribution is -1.86. The molecule has 0 atom stereocenters. The first-order chi connectivity index (χ1) is 23.8. The molecule has 2 nitrogen and oxygen atoms in total. The molecule has 0 saturated carbocycles. The Balaban J connectivity index is 0.000000111. The zero-order valence-electron chi connectivity index (χ0n) is 26.5. The van der Waals surface area contributed by atoms with E-state index in [2.05, 4.69) is 204 Å². The Morgan fingerprint density at radius 1 is 0.229 bits per heavy atom. The van der Waals surface area contributed by atoms with Gasteiger partial charge in [0, 0.05) is 43.6 Å². The van der Waals surface area contributed by atoms with Crippen molar-refractivity contribution < 1.29 is 0 Å². The van der Waals surface area contributed by atoms with Crippen molar-refractivity contribution in [2.45, 2.75) is 0 Å². The van der Waals surface area contributed by atoms with E-state index in [1.165, 1.54) is 76.6 Å². The summed E-state index contributed by atoms with van der Waals surface area (Å²) in [7, 11) is 0.